The fraction of sp³-hybridized carbons (Fsp3) is 0.857. The molecule has 0 unspecified atom stereocenters. The lowest BCUT2D eigenvalue weighted by molar-refractivity contribution is 0.367. The van der Waals surface area contributed by atoms with E-state index in [0.717, 1.165) is 6.42 Å². The Morgan fingerprint density at radius 2 is 1.73 bits per heavy atom. The maximum atomic E-state index is 4.21. The van der Waals surface area contributed by atoms with E-state index in [4.69, 9.17) is 0 Å². The third-order valence-corrected chi connectivity index (χ3v) is 3.93. The van der Waals surface area contributed by atoms with Crippen molar-refractivity contribution in [1.29, 1.82) is 0 Å². The molecule has 15 heavy (non-hydrogen) atoms. The molecule has 1 nitrogen and oxygen atoms in total. The van der Waals surface area contributed by atoms with Crippen molar-refractivity contribution >= 4 is 0 Å². The zero-order chi connectivity index (χ0) is 11.3. The molecule has 0 bridgehead atoms. The van der Waals surface area contributed by atoms with Crippen LogP contribution in [0.5, 0.6) is 0 Å². The SMILES string of the molecule is C=C(NC1CCCCCC1)C(C)(C)CC. The van der Waals surface area contributed by atoms with Gasteiger partial charge in [-0.05, 0) is 19.3 Å². The van der Waals surface area contributed by atoms with E-state index in [1.54, 1.807) is 0 Å². The molecule has 1 aliphatic carbocycles. The Labute approximate surface area is 95.3 Å². The summed E-state index contributed by atoms with van der Waals surface area (Å²) in [6.07, 6.45) is 9.43. The number of rotatable bonds is 4. The molecule has 0 aromatic heterocycles. The first-order valence-electron chi connectivity index (χ1n) is 6.52. The van der Waals surface area contributed by atoms with Gasteiger partial charge >= 0.3 is 0 Å². The van der Waals surface area contributed by atoms with E-state index in [1.165, 1.54) is 44.2 Å². The first-order chi connectivity index (χ1) is 7.06. The Morgan fingerprint density at radius 1 is 1.20 bits per heavy atom. The van der Waals surface area contributed by atoms with Gasteiger partial charge in [0.1, 0.15) is 0 Å². The highest BCUT2D eigenvalue weighted by Gasteiger charge is 2.22. The van der Waals surface area contributed by atoms with Crippen LogP contribution in [-0.2, 0) is 0 Å². The maximum Gasteiger partial charge on any atom is 0.0258 e. The molecule has 0 aromatic rings. The molecule has 0 saturated heterocycles. The normalized spacial score (nSPS) is 19.7. The second-order valence-electron chi connectivity index (χ2n) is 5.55. The van der Waals surface area contributed by atoms with Gasteiger partial charge in [-0.1, -0.05) is 53.0 Å². The molecule has 0 aliphatic heterocycles. The average molecular weight is 209 g/mol. The molecular formula is C14H27N. The van der Waals surface area contributed by atoms with Crippen molar-refractivity contribution in [2.24, 2.45) is 5.41 Å². The van der Waals surface area contributed by atoms with E-state index in [2.05, 4.69) is 32.7 Å². The molecular weight excluding hydrogens is 182 g/mol. The fourth-order valence-electron chi connectivity index (χ4n) is 2.08. The van der Waals surface area contributed by atoms with Crippen LogP contribution in [0.1, 0.15) is 65.7 Å². The molecule has 1 rings (SSSR count). The van der Waals surface area contributed by atoms with Crippen LogP contribution in [0.3, 0.4) is 0 Å². The van der Waals surface area contributed by atoms with Crippen LogP contribution < -0.4 is 5.32 Å². The third kappa shape index (κ3) is 3.89. The summed E-state index contributed by atoms with van der Waals surface area (Å²) in [5.41, 5.74) is 1.48. The van der Waals surface area contributed by atoms with Gasteiger partial charge in [0.05, 0.1) is 0 Å². The summed E-state index contributed by atoms with van der Waals surface area (Å²) in [5, 5.41) is 3.66. The average Bonchev–Trinajstić information content (AvgIpc) is 2.46. The second kappa shape index (κ2) is 5.58. The quantitative estimate of drug-likeness (QED) is 0.683. The first-order valence-corrected chi connectivity index (χ1v) is 6.52. The van der Waals surface area contributed by atoms with Crippen molar-refractivity contribution in [3.8, 4) is 0 Å². The topological polar surface area (TPSA) is 12.0 Å². The number of nitrogens with one attached hydrogen (secondary N) is 1. The minimum atomic E-state index is 0.242. The van der Waals surface area contributed by atoms with Crippen LogP contribution in [0.25, 0.3) is 0 Å². The molecule has 0 atom stereocenters. The van der Waals surface area contributed by atoms with Gasteiger partial charge in [0.25, 0.3) is 0 Å². The van der Waals surface area contributed by atoms with Crippen molar-refractivity contribution in [3.63, 3.8) is 0 Å². The van der Waals surface area contributed by atoms with Gasteiger partial charge in [0.2, 0.25) is 0 Å². The summed E-state index contributed by atoms with van der Waals surface area (Å²) in [5.74, 6) is 0. The van der Waals surface area contributed by atoms with Crippen molar-refractivity contribution in [3.05, 3.63) is 12.3 Å². The van der Waals surface area contributed by atoms with Gasteiger partial charge in [-0.3, -0.25) is 0 Å². The molecule has 1 aliphatic rings. The van der Waals surface area contributed by atoms with Crippen molar-refractivity contribution in [2.45, 2.75) is 71.8 Å². The smallest absolute Gasteiger partial charge is 0.0258 e. The second-order valence-corrected chi connectivity index (χ2v) is 5.55. The summed E-state index contributed by atoms with van der Waals surface area (Å²) >= 11 is 0. The molecule has 0 spiro atoms. The summed E-state index contributed by atoms with van der Waals surface area (Å²) in [6, 6.07) is 0.686. The monoisotopic (exact) mass is 209 g/mol. The Hall–Kier alpha value is -0.460. The number of hydrogen-bond acceptors (Lipinski definition) is 1. The summed E-state index contributed by atoms with van der Waals surface area (Å²) in [6.45, 7) is 11.0. The standard InChI is InChI=1S/C14H27N/c1-5-14(3,4)12(2)15-13-10-8-6-7-9-11-13/h13,15H,2,5-11H2,1,3-4H3. The number of allylic oxidation sites excluding steroid dienone is 1. The Bertz CT molecular complexity index is 197. The summed E-state index contributed by atoms with van der Waals surface area (Å²) < 4.78 is 0. The lowest BCUT2D eigenvalue weighted by Gasteiger charge is -2.30. The maximum absolute atomic E-state index is 4.21. The van der Waals surface area contributed by atoms with Gasteiger partial charge < -0.3 is 5.32 Å². The number of hydrogen-bond donors (Lipinski definition) is 1. The Morgan fingerprint density at radius 3 is 2.20 bits per heavy atom. The zero-order valence-corrected chi connectivity index (χ0v) is 10.7. The predicted molar refractivity (Wildman–Crippen MR) is 67.8 cm³/mol. The van der Waals surface area contributed by atoms with Crippen molar-refractivity contribution in [2.75, 3.05) is 0 Å². The molecule has 1 heteroatoms. The molecule has 1 fully saturated rings. The van der Waals surface area contributed by atoms with Gasteiger partial charge in [-0.2, -0.15) is 0 Å². The lowest BCUT2D eigenvalue weighted by atomic mass is 9.86. The van der Waals surface area contributed by atoms with Gasteiger partial charge in [-0.15, -0.1) is 0 Å². The van der Waals surface area contributed by atoms with Gasteiger partial charge in [-0.25, -0.2) is 0 Å². The highest BCUT2D eigenvalue weighted by Crippen LogP contribution is 2.28. The van der Waals surface area contributed by atoms with E-state index in [9.17, 15) is 0 Å². The summed E-state index contributed by atoms with van der Waals surface area (Å²) in [7, 11) is 0. The first kappa shape index (κ1) is 12.6. The summed E-state index contributed by atoms with van der Waals surface area (Å²) in [4.78, 5) is 0. The zero-order valence-electron chi connectivity index (χ0n) is 10.7. The van der Waals surface area contributed by atoms with E-state index in [0.29, 0.717) is 6.04 Å². The minimum Gasteiger partial charge on any atom is -0.386 e. The lowest BCUT2D eigenvalue weighted by Crippen LogP contribution is -2.33. The van der Waals surface area contributed by atoms with Gasteiger partial charge in [0.15, 0.2) is 0 Å². The van der Waals surface area contributed by atoms with Crippen LogP contribution in [0.15, 0.2) is 12.3 Å². The molecule has 1 saturated carbocycles. The van der Waals surface area contributed by atoms with Crippen LogP contribution in [0.2, 0.25) is 0 Å². The highest BCUT2D eigenvalue weighted by molar-refractivity contribution is 5.05. The Balaban J connectivity index is 2.42. The molecule has 0 aromatic carbocycles. The van der Waals surface area contributed by atoms with E-state index < -0.39 is 0 Å². The minimum absolute atomic E-state index is 0.242. The largest absolute Gasteiger partial charge is 0.386 e. The van der Waals surface area contributed by atoms with Crippen LogP contribution in [0.4, 0.5) is 0 Å². The predicted octanol–water partition coefficient (Wildman–Crippen LogP) is 4.25. The van der Waals surface area contributed by atoms with Crippen molar-refractivity contribution < 1.29 is 0 Å². The molecule has 88 valence electrons. The van der Waals surface area contributed by atoms with Crippen LogP contribution in [0, 0.1) is 5.41 Å². The fourth-order valence-corrected chi connectivity index (χ4v) is 2.08. The van der Waals surface area contributed by atoms with Crippen LogP contribution >= 0.6 is 0 Å². The third-order valence-electron chi connectivity index (χ3n) is 3.93. The van der Waals surface area contributed by atoms with E-state index in [-0.39, 0.29) is 5.41 Å². The highest BCUT2D eigenvalue weighted by atomic mass is 14.9. The van der Waals surface area contributed by atoms with E-state index in [1.807, 2.05) is 0 Å². The van der Waals surface area contributed by atoms with Crippen LogP contribution in [-0.4, -0.2) is 6.04 Å². The molecule has 0 amide bonds. The molecule has 0 heterocycles. The van der Waals surface area contributed by atoms with Crippen molar-refractivity contribution in [1.82, 2.24) is 5.32 Å². The molecule has 0 radical (unpaired) electrons. The van der Waals surface area contributed by atoms with Gasteiger partial charge in [0, 0.05) is 17.2 Å². The van der Waals surface area contributed by atoms with E-state index >= 15 is 0 Å². The molecule has 1 N–H and O–H groups in total. The Kier molecular flexibility index (Phi) is 4.69.